The van der Waals surface area contributed by atoms with Crippen LogP contribution in [0.25, 0.3) is 11.1 Å². The van der Waals surface area contributed by atoms with E-state index in [1.165, 1.54) is 11.1 Å². The van der Waals surface area contributed by atoms with Crippen LogP contribution in [0.1, 0.15) is 63.9 Å². The van der Waals surface area contributed by atoms with Crippen LogP contribution < -0.4 is 0 Å². The molecule has 8 atom stereocenters. The molecule has 3 fully saturated rings. The summed E-state index contributed by atoms with van der Waals surface area (Å²) < 4.78 is 0. The maximum Gasteiger partial charge on any atom is 0.155 e. The Morgan fingerprint density at radius 1 is 1.08 bits per heavy atom. The van der Waals surface area contributed by atoms with Gasteiger partial charge in [0.15, 0.2) is 5.78 Å². The summed E-state index contributed by atoms with van der Waals surface area (Å²) in [6.07, 6.45) is 16.2. The van der Waals surface area contributed by atoms with E-state index in [2.05, 4.69) is 48.1 Å². The molecular formula is C32H38N2O3. The number of nitrogens with zero attached hydrogens (tertiary/aromatic N) is 2. The lowest BCUT2D eigenvalue weighted by molar-refractivity contribution is -0.118. The number of carbonyl (C=O) groups is 1. The summed E-state index contributed by atoms with van der Waals surface area (Å²) in [4.78, 5) is 20.8. The van der Waals surface area contributed by atoms with Crippen molar-refractivity contribution in [3.63, 3.8) is 0 Å². The van der Waals surface area contributed by atoms with E-state index in [0.717, 1.165) is 43.2 Å². The van der Waals surface area contributed by atoms with Crippen molar-refractivity contribution in [1.29, 1.82) is 0 Å². The Morgan fingerprint density at radius 3 is 2.57 bits per heavy atom. The first-order chi connectivity index (χ1) is 17.8. The monoisotopic (exact) mass is 498 g/mol. The van der Waals surface area contributed by atoms with E-state index >= 15 is 0 Å². The summed E-state index contributed by atoms with van der Waals surface area (Å²) >= 11 is 0. The highest BCUT2D eigenvalue weighted by molar-refractivity contribution is 5.91. The van der Waals surface area contributed by atoms with Gasteiger partial charge < -0.3 is 10.2 Å². The van der Waals surface area contributed by atoms with Gasteiger partial charge in [-0.05, 0) is 84.8 Å². The van der Waals surface area contributed by atoms with E-state index in [1.54, 1.807) is 12.4 Å². The van der Waals surface area contributed by atoms with Crippen molar-refractivity contribution in [2.75, 3.05) is 6.61 Å². The van der Waals surface area contributed by atoms with Gasteiger partial charge in [-0.2, -0.15) is 0 Å². The second kappa shape index (κ2) is 9.28. The van der Waals surface area contributed by atoms with Gasteiger partial charge in [-0.15, -0.1) is 0 Å². The molecule has 194 valence electrons. The minimum atomic E-state index is -0.910. The standard InChI is InChI=1S/C32H38N2O3/c1-20-14-27-29-10-12-32(37,11-3-13-35)31(29,2)16-28(30(27)25-9-8-24(36)15-26(20)25)22-6-4-21(5-7-22)23-17-33-19-34-18-23/h3-7,11,15,17-20,25,27-30,35,37H,8-10,12-14,16H2,1-2H3/b11-3-/t20-,25-,27-,28+,29-,30+,31-,32-/m0/s1. The average molecular weight is 499 g/mol. The van der Waals surface area contributed by atoms with Crippen molar-refractivity contribution in [2.24, 2.45) is 35.0 Å². The highest BCUT2D eigenvalue weighted by Gasteiger charge is 2.64. The number of aliphatic hydroxyl groups excluding tert-OH is 1. The topological polar surface area (TPSA) is 83.3 Å². The predicted octanol–water partition coefficient (Wildman–Crippen LogP) is 5.50. The van der Waals surface area contributed by atoms with Crippen LogP contribution in [0.5, 0.6) is 0 Å². The Balaban J connectivity index is 1.44. The molecule has 1 aromatic heterocycles. The number of allylic oxidation sites excluding steroid dienone is 1. The van der Waals surface area contributed by atoms with Crippen LogP contribution in [0.4, 0.5) is 0 Å². The Kier molecular flexibility index (Phi) is 6.20. The summed E-state index contributed by atoms with van der Waals surface area (Å²) in [6, 6.07) is 8.88. The Morgan fingerprint density at radius 2 is 1.84 bits per heavy atom. The van der Waals surface area contributed by atoms with Crippen LogP contribution in [-0.2, 0) is 4.79 Å². The van der Waals surface area contributed by atoms with Crippen molar-refractivity contribution >= 4 is 5.78 Å². The molecule has 5 nitrogen and oxygen atoms in total. The number of fused-ring (bicyclic) bond motifs is 5. The maximum atomic E-state index is 12.4. The molecule has 4 aliphatic carbocycles. The number of ketones is 1. The molecule has 0 saturated heterocycles. The summed E-state index contributed by atoms with van der Waals surface area (Å²) in [5.74, 6) is 2.84. The molecule has 3 saturated carbocycles. The van der Waals surface area contributed by atoms with Gasteiger partial charge in [-0.3, -0.25) is 4.79 Å². The van der Waals surface area contributed by atoms with Gasteiger partial charge in [-0.1, -0.05) is 55.8 Å². The minimum absolute atomic E-state index is 0.0511. The lowest BCUT2D eigenvalue weighted by Gasteiger charge is -2.59. The van der Waals surface area contributed by atoms with Crippen LogP contribution in [0.15, 0.2) is 66.8 Å². The van der Waals surface area contributed by atoms with Gasteiger partial charge in [0.1, 0.15) is 6.33 Å². The number of carbonyl (C=O) groups excluding carboxylic acids is 1. The zero-order valence-corrected chi connectivity index (χ0v) is 21.9. The SMILES string of the molecule is C[C@H]1C[C@@H]2[C@H]([C@@H](c3ccc(-c4cncnc4)cc3)C[C@@]3(C)[C@H]2CC[C@@]3(O)/C=C\CO)[C@H]2CCC(=O)C=C12. The van der Waals surface area contributed by atoms with Gasteiger partial charge >= 0.3 is 0 Å². The van der Waals surface area contributed by atoms with Crippen molar-refractivity contribution in [2.45, 2.75) is 63.9 Å². The number of aliphatic hydroxyl groups is 2. The summed E-state index contributed by atoms with van der Waals surface area (Å²) in [5.41, 5.74) is 3.63. The second-order valence-electron chi connectivity index (χ2n) is 12.3. The molecule has 2 N–H and O–H groups in total. The van der Waals surface area contributed by atoms with E-state index in [9.17, 15) is 15.0 Å². The lowest BCUT2D eigenvalue weighted by Crippen LogP contribution is -2.55. The molecular weight excluding hydrogens is 460 g/mol. The number of hydrogen-bond acceptors (Lipinski definition) is 5. The fraction of sp³-hybridized carbons (Fsp3) is 0.531. The van der Waals surface area contributed by atoms with Gasteiger partial charge in [0, 0.05) is 29.8 Å². The number of hydrogen-bond donors (Lipinski definition) is 2. The molecule has 1 aromatic carbocycles. The smallest absolute Gasteiger partial charge is 0.155 e. The molecule has 1 heterocycles. The third-order valence-corrected chi connectivity index (χ3v) is 10.6. The minimum Gasteiger partial charge on any atom is -0.392 e. The summed E-state index contributed by atoms with van der Waals surface area (Å²) in [6.45, 7) is 4.55. The fourth-order valence-corrected chi connectivity index (χ4v) is 8.90. The zero-order valence-electron chi connectivity index (χ0n) is 21.9. The van der Waals surface area contributed by atoms with Crippen molar-refractivity contribution in [3.8, 4) is 11.1 Å². The van der Waals surface area contributed by atoms with Crippen LogP contribution in [0.2, 0.25) is 0 Å². The molecule has 6 rings (SSSR count). The van der Waals surface area contributed by atoms with Crippen LogP contribution >= 0.6 is 0 Å². The van der Waals surface area contributed by atoms with E-state index in [-0.39, 0.29) is 17.8 Å². The van der Waals surface area contributed by atoms with Gasteiger partial charge in [0.05, 0.1) is 12.2 Å². The Hall–Kier alpha value is -2.63. The first-order valence-electron chi connectivity index (χ1n) is 14.0. The fourth-order valence-electron chi connectivity index (χ4n) is 8.90. The molecule has 0 radical (unpaired) electrons. The molecule has 5 heteroatoms. The van der Waals surface area contributed by atoms with Crippen LogP contribution in [0, 0.1) is 35.0 Å². The average Bonchev–Trinajstić information content (AvgIpc) is 3.18. The van der Waals surface area contributed by atoms with Gasteiger partial charge in [0.25, 0.3) is 0 Å². The van der Waals surface area contributed by atoms with E-state index in [0.29, 0.717) is 41.9 Å². The first-order valence-corrected chi connectivity index (χ1v) is 14.0. The molecule has 37 heavy (non-hydrogen) atoms. The molecule has 2 aromatic rings. The number of rotatable bonds is 4. The summed E-state index contributed by atoms with van der Waals surface area (Å²) in [5, 5.41) is 21.5. The van der Waals surface area contributed by atoms with Gasteiger partial charge in [0.2, 0.25) is 0 Å². The van der Waals surface area contributed by atoms with Crippen molar-refractivity contribution < 1.29 is 15.0 Å². The molecule has 0 unspecified atom stereocenters. The third-order valence-electron chi connectivity index (χ3n) is 10.6. The molecule has 0 amide bonds. The largest absolute Gasteiger partial charge is 0.392 e. The van der Waals surface area contributed by atoms with Crippen LogP contribution in [-0.4, -0.2) is 38.2 Å². The quantitative estimate of drug-likeness (QED) is 0.544. The van der Waals surface area contributed by atoms with E-state index in [1.807, 2.05) is 24.5 Å². The summed E-state index contributed by atoms with van der Waals surface area (Å²) in [7, 11) is 0. The molecule has 4 aliphatic rings. The van der Waals surface area contributed by atoms with Crippen LogP contribution in [0.3, 0.4) is 0 Å². The molecule has 0 spiro atoms. The predicted molar refractivity (Wildman–Crippen MR) is 143 cm³/mol. The van der Waals surface area contributed by atoms with Gasteiger partial charge in [-0.25, -0.2) is 9.97 Å². The van der Waals surface area contributed by atoms with E-state index in [4.69, 9.17) is 0 Å². The third kappa shape index (κ3) is 3.93. The maximum absolute atomic E-state index is 12.4. The number of aromatic nitrogens is 2. The number of benzene rings is 1. The zero-order chi connectivity index (χ0) is 25.8. The highest BCUT2D eigenvalue weighted by Crippen LogP contribution is 2.69. The normalized spacial score (nSPS) is 39.1. The Bertz CT molecular complexity index is 1220. The first kappa shape index (κ1) is 24.7. The second-order valence-corrected chi connectivity index (χ2v) is 12.3. The van der Waals surface area contributed by atoms with Crippen molar-refractivity contribution in [3.05, 3.63) is 72.4 Å². The lowest BCUT2D eigenvalue weighted by atomic mass is 9.45. The highest BCUT2D eigenvalue weighted by atomic mass is 16.3. The molecule has 0 aliphatic heterocycles. The molecule has 0 bridgehead atoms. The van der Waals surface area contributed by atoms with Crippen molar-refractivity contribution in [1.82, 2.24) is 9.97 Å². The Labute approximate surface area is 219 Å². The van der Waals surface area contributed by atoms with E-state index < -0.39 is 5.60 Å².